The predicted octanol–water partition coefficient (Wildman–Crippen LogP) is 1.24. The van der Waals surface area contributed by atoms with Crippen molar-refractivity contribution in [3.8, 4) is 0 Å². The highest BCUT2D eigenvalue weighted by atomic mass is 32.2. The van der Waals surface area contributed by atoms with Gasteiger partial charge in [0.05, 0.1) is 24.8 Å². The summed E-state index contributed by atoms with van der Waals surface area (Å²) in [6.07, 6.45) is 2.03. The number of carbonyl (C=O) groups is 2. The molecule has 0 saturated carbocycles. The molecule has 1 aliphatic rings. The van der Waals surface area contributed by atoms with Gasteiger partial charge in [-0.2, -0.15) is 0 Å². The average Bonchev–Trinajstić information content (AvgIpc) is 2.94. The van der Waals surface area contributed by atoms with Crippen LogP contribution in [0.5, 0.6) is 0 Å². The smallest absolute Gasteiger partial charge is 0.339 e. The number of hydrogen-bond acceptors (Lipinski definition) is 6. The van der Waals surface area contributed by atoms with Crippen LogP contribution in [-0.4, -0.2) is 38.3 Å². The Kier molecular flexibility index (Phi) is 4.52. The van der Waals surface area contributed by atoms with Gasteiger partial charge in [0.25, 0.3) is 0 Å². The van der Waals surface area contributed by atoms with E-state index >= 15 is 0 Å². The third kappa shape index (κ3) is 3.53. The Hall–Kier alpha value is -1.61. The summed E-state index contributed by atoms with van der Waals surface area (Å²) in [4.78, 5) is 23.2. The summed E-state index contributed by atoms with van der Waals surface area (Å²) in [5.41, 5.74) is 0.757. The van der Waals surface area contributed by atoms with E-state index in [-0.39, 0.29) is 17.0 Å². The molecule has 0 spiro atoms. The molecule has 9 heteroatoms. The molecule has 1 heterocycles. The van der Waals surface area contributed by atoms with E-state index in [1.807, 2.05) is 0 Å². The first kappa shape index (κ1) is 15.8. The zero-order valence-electron chi connectivity index (χ0n) is 11.3. The number of aryl methyl sites for hydroxylation is 1. The minimum absolute atomic E-state index is 0.0362. The highest BCUT2D eigenvalue weighted by molar-refractivity contribution is 7.92. The molecule has 0 unspecified atom stereocenters. The molecule has 21 heavy (non-hydrogen) atoms. The van der Waals surface area contributed by atoms with Crippen molar-refractivity contribution < 1.29 is 27.9 Å². The summed E-state index contributed by atoms with van der Waals surface area (Å²) in [5.74, 6) is -2.21. The molecule has 0 aliphatic heterocycles. The molecule has 0 bridgehead atoms. The molecule has 1 aromatic heterocycles. The first-order chi connectivity index (χ1) is 9.84. The maximum Gasteiger partial charge on any atom is 0.339 e. The lowest BCUT2D eigenvalue weighted by atomic mass is 10.1. The monoisotopic (exact) mass is 333 g/mol. The van der Waals surface area contributed by atoms with Crippen molar-refractivity contribution in [3.05, 3.63) is 16.0 Å². The highest BCUT2D eigenvalue weighted by Gasteiger charge is 2.28. The second kappa shape index (κ2) is 6.02. The lowest BCUT2D eigenvalue weighted by molar-refractivity contribution is -0.140. The van der Waals surface area contributed by atoms with E-state index in [9.17, 15) is 23.1 Å². The normalized spacial score (nSPS) is 13.8. The summed E-state index contributed by atoms with van der Waals surface area (Å²) < 4.78 is 30.5. The van der Waals surface area contributed by atoms with Crippen molar-refractivity contribution in [2.24, 2.45) is 0 Å². The predicted molar refractivity (Wildman–Crippen MR) is 77.3 cm³/mol. The van der Waals surface area contributed by atoms with Gasteiger partial charge in [0.1, 0.15) is 5.00 Å². The zero-order valence-corrected chi connectivity index (χ0v) is 13.0. The van der Waals surface area contributed by atoms with Gasteiger partial charge in [-0.05, 0) is 24.8 Å². The van der Waals surface area contributed by atoms with Gasteiger partial charge in [-0.3, -0.25) is 9.52 Å². The summed E-state index contributed by atoms with van der Waals surface area (Å²) in [7, 11) is -2.61. The van der Waals surface area contributed by atoms with Crippen LogP contribution in [0, 0.1) is 0 Å². The number of fused-ring (bicyclic) bond motifs is 1. The second-order valence-corrected chi connectivity index (χ2v) is 7.56. The largest absolute Gasteiger partial charge is 0.478 e. The Labute approximate surface area is 126 Å². The minimum Gasteiger partial charge on any atom is -0.478 e. The summed E-state index contributed by atoms with van der Waals surface area (Å²) in [5, 5.41) is 9.39. The van der Waals surface area contributed by atoms with Crippen LogP contribution < -0.4 is 4.72 Å². The lowest BCUT2D eigenvalue weighted by Gasteiger charge is -2.07. The van der Waals surface area contributed by atoms with Gasteiger partial charge in [0, 0.05) is 4.88 Å². The summed E-state index contributed by atoms with van der Waals surface area (Å²) in [6.45, 7) is 0. The number of carboxylic acid groups (broad SMARTS) is 1. The molecular formula is C12H15NO6S2. The van der Waals surface area contributed by atoms with Gasteiger partial charge in [-0.15, -0.1) is 11.3 Å². The van der Waals surface area contributed by atoms with Crippen LogP contribution in [0.25, 0.3) is 0 Å². The molecule has 1 aliphatic carbocycles. The quantitative estimate of drug-likeness (QED) is 0.758. The molecule has 2 rings (SSSR count). The molecule has 0 aromatic carbocycles. The summed E-state index contributed by atoms with van der Waals surface area (Å²) in [6, 6.07) is 0. The molecule has 2 N–H and O–H groups in total. The SMILES string of the molecule is COC(=O)CCS(=O)(=O)Nc1sc2c(c1C(=O)O)CCC2. The molecular weight excluding hydrogens is 318 g/mol. The maximum atomic E-state index is 11.9. The first-order valence-corrected chi connectivity index (χ1v) is 8.76. The zero-order chi connectivity index (χ0) is 15.6. The number of hydrogen-bond donors (Lipinski definition) is 2. The number of esters is 1. The van der Waals surface area contributed by atoms with E-state index in [1.165, 1.54) is 7.11 Å². The topological polar surface area (TPSA) is 110 Å². The Morgan fingerprint density at radius 2 is 2.10 bits per heavy atom. The minimum atomic E-state index is -3.79. The Morgan fingerprint density at radius 3 is 2.71 bits per heavy atom. The van der Waals surface area contributed by atoms with Crippen molar-refractivity contribution in [1.82, 2.24) is 0 Å². The van der Waals surface area contributed by atoms with E-state index in [2.05, 4.69) is 9.46 Å². The molecule has 0 atom stereocenters. The van der Waals surface area contributed by atoms with E-state index in [1.54, 1.807) is 0 Å². The molecule has 1 aromatic rings. The Bertz CT molecular complexity index is 676. The molecule has 116 valence electrons. The van der Waals surface area contributed by atoms with Crippen molar-refractivity contribution >= 4 is 38.3 Å². The molecule has 0 radical (unpaired) electrons. The van der Waals surface area contributed by atoms with Gasteiger partial charge >= 0.3 is 11.9 Å². The standard InChI is InChI=1S/C12H15NO6S2/c1-19-9(14)5-6-21(17,18)13-11-10(12(15)16)7-3-2-4-8(7)20-11/h13H,2-6H2,1H3,(H,15,16). The molecule has 0 fully saturated rings. The average molecular weight is 333 g/mol. The van der Waals surface area contributed by atoms with Crippen LogP contribution in [0.15, 0.2) is 0 Å². The maximum absolute atomic E-state index is 11.9. The fourth-order valence-corrected chi connectivity index (χ4v) is 4.82. The molecule has 7 nitrogen and oxygen atoms in total. The number of ether oxygens (including phenoxy) is 1. The lowest BCUT2D eigenvalue weighted by Crippen LogP contribution is -2.20. The number of thiophene rings is 1. The fraction of sp³-hybridized carbons (Fsp3) is 0.500. The first-order valence-electron chi connectivity index (χ1n) is 6.29. The van der Waals surface area contributed by atoms with Crippen LogP contribution in [0.4, 0.5) is 5.00 Å². The van der Waals surface area contributed by atoms with E-state index in [0.717, 1.165) is 34.6 Å². The third-order valence-corrected chi connectivity index (χ3v) is 5.78. The van der Waals surface area contributed by atoms with Crippen LogP contribution in [0.1, 0.15) is 33.6 Å². The number of nitrogens with one attached hydrogen (secondary N) is 1. The Balaban J connectivity index is 2.20. The number of carbonyl (C=O) groups excluding carboxylic acids is 1. The number of methoxy groups -OCH3 is 1. The third-order valence-electron chi connectivity index (χ3n) is 3.19. The summed E-state index contributed by atoms with van der Waals surface area (Å²) >= 11 is 1.16. The van der Waals surface area contributed by atoms with Crippen molar-refractivity contribution in [1.29, 1.82) is 0 Å². The van der Waals surface area contributed by atoms with E-state index in [4.69, 9.17) is 0 Å². The van der Waals surface area contributed by atoms with Crippen molar-refractivity contribution in [3.63, 3.8) is 0 Å². The highest BCUT2D eigenvalue weighted by Crippen LogP contribution is 2.39. The van der Waals surface area contributed by atoms with Crippen LogP contribution in [-0.2, 0) is 32.4 Å². The Morgan fingerprint density at radius 1 is 1.38 bits per heavy atom. The van der Waals surface area contributed by atoms with E-state index in [0.29, 0.717) is 6.42 Å². The van der Waals surface area contributed by atoms with Crippen molar-refractivity contribution in [2.45, 2.75) is 25.7 Å². The van der Waals surface area contributed by atoms with Crippen LogP contribution >= 0.6 is 11.3 Å². The van der Waals surface area contributed by atoms with Gasteiger partial charge in [0.2, 0.25) is 10.0 Å². The van der Waals surface area contributed by atoms with Gasteiger partial charge in [-0.1, -0.05) is 0 Å². The number of aromatic carboxylic acids is 1. The molecule has 0 saturated heterocycles. The second-order valence-electron chi connectivity index (χ2n) is 4.61. The number of carboxylic acids is 1. The van der Waals surface area contributed by atoms with E-state index < -0.39 is 27.7 Å². The molecule has 0 amide bonds. The van der Waals surface area contributed by atoms with Crippen LogP contribution in [0.2, 0.25) is 0 Å². The fourth-order valence-electron chi connectivity index (χ4n) is 2.21. The van der Waals surface area contributed by atoms with Crippen LogP contribution in [0.3, 0.4) is 0 Å². The number of anilines is 1. The number of sulfonamides is 1. The van der Waals surface area contributed by atoms with Gasteiger partial charge in [-0.25, -0.2) is 13.2 Å². The van der Waals surface area contributed by atoms with Gasteiger partial charge < -0.3 is 9.84 Å². The van der Waals surface area contributed by atoms with Gasteiger partial charge in [0.15, 0.2) is 0 Å². The van der Waals surface area contributed by atoms with Crippen molar-refractivity contribution in [2.75, 3.05) is 17.6 Å². The number of rotatable bonds is 6.